The highest BCUT2D eigenvalue weighted by atomic mass is 35.5. The Morgan fingerprint density at radius 3 is 1.39 bits per heavy atom. The number of anilines is 4. The van der Waals surface area contributed by atoms with Gasteiger partial charge in [0.05, 0.1) is 9.85 Å². The van der Waals surface area contributed by atoms with E-state index >= 15 is 0 Å². The molecule has 142 valence electrons. The first-order chi connectivity index (χ1) is 13.3. The zero-order valence-electron chi connectivity index (χ0n) is 13.9. The summed E-state index contributed by atoms with van der Waals surface area (Å²) in [6.07, 6.45) is 0. The third-order valence-electron chi connectivity index (χ3n) is 3.59. The largest absolute Gasteiger partial charge is 0.334 e. The summed E-state index contributed by atoms with van der Waals surface area (Å²) in [5.41, 5.74) is -0.121. The van der Waals surface area contributed by atoms with Crippen LogP contribution in [0.2, 0.25) is 10.0 Å². The molecule has 9 nitrogen and oxygen atoms in total. The average molecular weight is 420 g/mol. The van der Waals surface area contributed by atoms with Crippen LogP contribution in [0.5, 0.6) is 0 Å². The summed E-state index contributed by atoms with van der Waals surface area (Å²) in [7, 11) is 0. The van der Waals surface area contributed by atoms with E-state index in [0.717, 1.165) is 6.07 Å². The summed E-state index contributed by atoms with van der Waals surface area (Å²) in [5, 5.41) is 29.3. The lowest BCUT2D eigenvalue weighted by Gasteiger charge is -2.11. The van der Waals surface area contributed by atoms with E-state index in [0.29, 0.717) is 21.4 Å². The Balaban J connectivity index is 2.06. The fraction of sp³-hybridized carbons (Fsp3) is 0. The number of benzene rings is 2. The van der Waals surface area contributed by atoms with Crippen molar-refractivity contribution in [3.8, 4) is 0 Å². The highest BCUT2D eigenvalue weighted by molar-refractivity contribution is 6.30. The molecule has 0 saturated heterocycles. The molecule has 2 aromatic carbocycles. The van der Waals surface area contributed by atoms with Gasteiger partial charge in [0.2, 0.25) is 11.6 Å². The van der Waals surface area contributed by atoms with Crippen molar-refractivity contribution in [1.29, 1.82) is 0 Å². The molecule has 1 heterocycles. The van der Waals surface area contributed by atoms with Gasteiger partial charge >= 0.3 is 11.4 Å². The van der Waals surface area contributed by atoms with E-state index in [9.17, 15) is 20.2 Å². The Morgan fingerprint density at radius 1 is 0.714 bits per heavy atom. The summed E-state index contributed by atoms with van der Waals surface area (Å²) in [6, 6.07) is 13.6. The fourth-order valence-electron chi connectivity index (χ4n) is 2.29. The molecule has 3 aromatic rings. The number of nitro groups is 2. The number of aromatic nitrogens is 1. The molecule has 0 atom stereocenters. The van der Waals surface area contributed by atoms with Gasteiger partial charge in [0.15, 0.2) is 0 Å². The van der Waals surface area contributed by atoms with Crippen molar-refractivity contribution in [1.82, 2.24) is 4.98 Å². The third kappa shape index (κ3) is 4.45. The predicted molar refractivity (Wildman–Crippen MR) is 107 cm³/mol. The summed E-state index contributed by atoms with van der Waals surface area (Å²) >= 11 is 11.7. The minimum atomic E-state index is -0.746. The van der Waals surface area contributed by atoms with Gasteiger partial charge in [-0.15, -0.1) is 0 Å². The van der Waals surface area contributed by atoms with Gasteiger partial charge in [0.1, 0.15) is 6.07 Å². The van der Waals surface area contributed by atoms with Gasteiger partial charge in [-0.3, -0.25) is 20.2 Å². The van der Waals surface area contributed by atoms with Gasteiger partial charge in [-0.2, -0.15) is 4.98 Å². The number of hydrogen-bond acceptors (Lipinski definition) is 7. The molecule has 0 spiro atoms. The van der Waals surface area contributed by atoms with Crippen LogP contribution in [0.3, 0.4) is 0 Å². The number of nitrogens with one attached hydrogen (secondary N) is 2. The van der Waals surface area contributed by atoms with Crippen molar-refractivity contribution in [2.45, 2.75) is 0 Å². The first-order valence-electron chi connectivity index (χ1n) is 7.72. The molecule has 28 heavy (non-hydrogen) atoms. The lowest BCUT2D eigenvalue weighted by molar-refractivity contribution is -0.393. The molecule has 0 aliphatic carbocycles. The number of nitrogens with zero attached hydrogens (tertiary/aromatic N) is 3. The first-order valence-corrected chi connectivity index (χ1v) is 8.48. The van der Waals surface area contributed by atoms with Crippen LogP contribution in [-0.4, -0.2) is 14.8 Å². The summed E-state index contributed by atoms with van der Waals surface area (Å²) in [4.78, 5) is 25.4. The Labute approximate surface area is 168 Å². The van der Waals surface area contributed by atoms with E-state index in [1.165, 1.54) is 0 Å². The van der Waals surface area contributed by atoms with Gasteiger partial charge in [0.25, 0.3) is 0 Å². The van der Waals surface area contributed by atoms with Gasteiger partial charge in [-0.1, -0.05) is 23.2 Å². The Bertz CT molecular complexity index is 962. The molecular formula is C17H11Cl2N5O4. The first kappa shape index (κ1) is 19.3. The van der Waals surface area contributed by atoms with Crippen molar-refractivity contribution in [3.63, 3.8) is 0 Å². The van der Waals surface area contributed by atoms with Crippen molar-refractivity contribution in [2.75, 3.05) is 10.6 Å². The Hall–Kier alpha value is -3.43. The lowest BCUT2D eigenvalue weighted by Crippen LogP contribution is -2.06. The zero-order chi connectivity index (χ0) is 20.3. The normalized spacial score (nSPS) is 10.4. The van der Waals surface area contributed by atoms with E-state index in [-0.39, 0.29) is 11.6 Å². The van der Waals surface area contributed by atoms with E-state index in [2.05, 4.69) is 15.6 Å². The van der Waals surface area contributed by atoms with Gasteiger partial charge in [-0.25, -0.2) is 0 Å². The van der Waals surface area contributed by atoms with Crippen molar-refractivity contribution >= 4 is 57.6 Å². The molecule has 0 aliphatic heterocycles. The third-order valence-corrected chi connectivity index (χ3v) is 4.09. The van der Waals surface area contributed by atoms with Crippen LogP contribution in [0, 0.1) is 20.2 Å². The highest BCUT2D eigenvalue weighted by Crippen LogP contribution is 2.36. The van der Waals surface area contributed by atoms with Crippen molar-refractivity contribution in [3.05, 3.63) is 84.9 Å². The van der Waals surface area contributed by atoms with Gasteiger partial charge in [-0.05, 0) is 48.5 Å². The fourth-order valence-corrected chi connectivity index (χ4v) is 2.55. The second kappa shape index (κ2) is 8.07. The van der Waals surface area contributed by atoms with Gasteiger partial charge in [0, 0.05) is 21.4 Å². The van der Waals surface area contributed by atoms with Gasteiger partial charge < -0.3 is 10.6 Å². The summed E-state index contributed by atoms with van der Waals surface area (Å²) in [5.74, 6) is -0.316. The molecule has 0 fully saturated rings. The van der Waals surface area contributed by atoms with Crippen LogP contribution in [0.15, 0.2) is 54.6 Å². The minimum Gasteiger partial charge on any atom is -0.334 e. The van der Waals surface area contributed by atoms with E-state index < -0.39 is 21.2 Å². The van der Waals surface area contributed by atoms with Crippen LogP contribution in [0.1, 0.15) is 0 Å². The molecule has 0 radical (unpaired) electrons. The van der Waals surface area contributed by atoms with Crippen LogP contribution in [0.4, 0.5) is 34.4 Å². The SMILES string of the molecule is O=[N+]([O-])c1cc([N+](=O)[O-])c(Nc2ccc(Cl)cc2)nc1Nc1ccc(Cl)cc1. The monoisotopic (exact) mass is 419 g/mol. The van der Waals surface area contributed by atoms with Crippen LogP contribution < -0.4 is 10.6 Å². The Morgan fingerprint density at radius 2 is 1.07 bits per heavy atom. The number of rotatable bonds is 6. The van der Waals surface area contributed by atoms with E-state index in [1.807, 2.05) is 0 Å². The molecule has 0 bridgehead atoms. The van der Waals surface area contributed by atoms with Crippen LogP contribution in [-0.2, 0) is 0 Å². The molecule has 0 saturated carbocycles. The molecular weight excluding hydrogens is 409 g/mol. The molecule has 1 aromatic heterocycles. The van der Waals surface area contributed by atoms with Crippen molar-refractivity contribution < 1.29 is 9.85 Å². The quantitative estimate of drug-likeness (QED) is 0.388. The maximum atomic E-state index is 11.4. The second-order valence-electron chi connectivity index (χ2n) is 5.50. The summed E-state index contributed by atoms with van der Waals surface area (Å²) in [6.45, 7) is 0. The molecule has 2 N–H and O–H groups in total. The number of halogens is 2. The average Bonchev–Trinajstić information content (AvgIpc) is 2.65. The molecule has 0 aliphatic rings. The summed E-state index contributed by atoms with van der Waals surface area (Å²) < 4.78 is 0. The zero-order valence-corrected chi connectivity index (χ0v) is 15.4. The van der Waals surface area contributed by atoms with Crippen molar-refractivity contribution in [2.24, 2.45) is 0 Å². The lowest BCUT2D eigenvalue weighted by atomic mass is 10.2. The Kier molecular flexibility index (Phi) is 5.57. The highest BCUT2D eigenvalue weighted by Gasteiger charge is 2.26. The molecule has 11 heteroatoms. The van der Waals surface area contributed by atoms with Crippen LogP contribution >= 0.6 is 23.2 Å². The predicted octanol–water partition coefficient (Wildman–Crippen LogP) is 5.69. The number of hydrogen-bond donors (Lipinski definition) is 2. The maximum absolute atomic E-state index is 11.4. The second-order valence-corrected chi connectivity index (χ2v) is 6.37. The van der Waals surface area contributed by atoms with Crippen LogP contribution in [0.25, 0.3) is 0 Å². The standard InChI is InChI=1S/C17H11Cl2N5O4/c18-10-1-5-12(6-2-10)20-16-14(23(25)26)9-15(24(27)28)17(22-16)21-13-7-3-11(19)4-8-13/h1-9H,(H2,20,21,22). The smallest absolute Gasteiger partial charge is 0.318 e. The van der Waals surface area contributed by atoms with E-state index in [1.54, 1.807) is 48.5 Å². The maximum Gasteiger partial charge on any atom is 0.318 e. The van der Waals surface area contributed by atoms with E-state index in [4.69, 9.17) is 23.2 Å². The molecule has 3 rings (SSSR count). The topological polar surface area (TPSA) is 123 Å². The molecule has 0 unspecified atom stereocenters. The minimum absolute atomic E-state index is 0.158. The number of pyridine rings is 1. The molecule has 0 amide bonds.